The average molecular weight is 255 g/mol. The summed E-state index contributed by atoms with van der Waals surface area (Å²) in [5, 5.41) is 0. The summed E-state index contributed by atoms with van der Waals surface area (Å²) < 4.78 is 0.693. The molecule has 0 bridgehead atoms. The minimum atomic E-state index is -0.420. The van der Waals surface area contributed by atoms with Gasteiger partial charge in [-0.2, -0.15) is 4.79 Å². The predicted molar refractivity (Wildman–Crippen MR) is 55.0 cm³/mol. The molecule has 0 N–H and O–H groups in total. The van der Waals surface area contributed by atoms with Crippen LogP contribution in [0.4, 0.5) is 5.69 Å². The van der Waals surface area contributed by atoms with Crippen molar-refractivity contribution in [1.29, 1.82) is 0 Å². The van der Waals surface area contributed by atoms with E-state index in [-0.39, 0.29) is 0 Å². The number of hydrogen-bond acceptors (Lipinski definition) is 2. The maximum atomic E-state index is 11.2. The van der Waals surface area contributed by atoms with Gasteiger partial charge in [-0.3, -0.25) is 4.79 Å². The largest absolute Gasteiger partial charge is 0.361 e. The number of carbonyl (C=O) groups excluding carboxylic acids is 1. The number of anilines is 1. The van der Waals surface area contributed by atoms with E-state index < -0.39 is 5.91 Å². The summed E-state index contributed by atoms with van der Waals surface area (Å²) in [7, 11) is 1.56. The zero-order valence-electron chi connectivity index (χ0n) is 7.38. The molecule has 6 heteroatoms. The first kappa shape index (κ1) is 10.6. The highest BCUT2D eigenvalue weighted by Crippen LogP contribution is 2.13. The van der Waals surface area contributed by atoms with Crippen LogP contribution < -0.4 is 4.90 Å². The first-order valence-corrected chi connectivity index (χ1v) is 4.51. The average Bonchev–Trinajstić information content (AvgIpc) is 2.18. The van der Waals surface area contributed by atoms with Crippen molar-refractivity contribution in [1.82, 2.24) is 4.98 Å². The number of hydrogen-bond donors (Lipinski definition) is 0. The van der Waals surface area contributed by atoms with Crippen molar-refractivity contribution in [3.05, 3.63) is 28.5 Å². The summed E-state index contributed by atoms with van der Waals surface area (Å²) in [6.45, 7) is 0. The fourth-order valence-corrected chi connectivity index (χ4v) is 1.06. The molecule has 1 aromatic rings. The molecule has 0 aromatic carbocycles. The Morgan fingerprint density at radius 3 is 2.93 bits per heavy atom. The topological polar surface area (TPSA) is 69.6 Å². The third kappa shape index (κ3) is 2.48. The Morgan fingerprint density at radius 2 is 2.43 bits per heavy atom. The summed E-state index contributed by atoms with van der Waals surface area (Å²) in [4.78, 5) is 19.1. The number of amides is 1. The van der Waals surface area contributed by atoms with E-state index in [0.29, 0.717) is 10.3 Å². The van der Waals surface area contributed by atoms with Crippen molar-refractivity contribution in [3.8, 4) is 0 Å². The lowest BCUT2D eigenvalue weighted by Crippen LogP contribution is -2.27. The SMILES string of the molecule is CN(C(=O)C=[N+]=[N-])c1ccc(Br)nc1. The molecular weight excluding hydrogens is 248 g/mol. The van der Waals surface area contributed by atoms with Crippen LogP contribution in [0.25, 0.3) is 5.53 Å². The van der Waals surface area contributed by atoms with Crippen LogP contribution in [-0.2, 0) is 4.79 Å². The molecule has 0 aliphatic carbocycles. The minimum Gasteiger partial charge on any atom is -0.361 e. The Morgan fingerprint density at radius 1 is 1.71 bits per heavy atom. The Kier molecular flexibility index (Phi) is 3.50. The number of carbonyl (C=O) groups is 1. The second kappa shape index (κ2) is 4.64. The summed E-state index contributed by atoms with van der Waals surface area (Å²) in [5.74, 6) is -0.420. The number of nitrogens with zero attached hydrogens (tertiary/aromatic N) is 4. The maximum absolute atomic E-state index is 11.2. The first-order chi connectivity index (χ1) is 6.65. The van der Waals surface area contributed by atoms with Gasteiger partial charge in [0, 0.05) is 7.05 Å². The smallest absolute Gasteiger partial charge is 0.345 e. The molecule has 0 unspecified atom stereocenters. The van der Waals surface area contributed by atoms with Gasteiger partial charge in [-0.25, -0.2) is 4.98 Å². The Bertz CT molecular complexity index is 383. The molecule has 0 atom stereocenters. The standard InChI is InChI=1S/C8H7BrN4O/c1-13(8(14)5-12-10)6-2-3-7(9)11-4-6/h2-5H,1H3. The molecule has 5 nitrogen and oxygen atoms in total. The van der Waals surface area contributed by atoms with E-state index in [2.05, 4.69) is 25.7 Å². The molecule has 0 saturated carbocycles. The monoisotopic (exact) mass is 254 g/mol. The van der Waals surface area contributed by atoms with Crippen molar-refractivity contribution in [2.75, 3.05) is 11.9 Å². The fourth-order valence-electron chi connectivity index (χ4n) is 0.830. The molecule has 0 spiro atoms. The molecule has 1 rings (SSSR count). The number of pyridine rings is 1. The van der Waals surface area contributed by atoms with E-state index in [0.717, 1.165) is 6.21 Å². The molecule has 14 heavy (non-hydrogen) atoms. The van der Waals surface area contributed by atoms with E-state index in [1.54, 1.807) is 19.2 Å². The van der Waals surface area contributed by atoms with E-state index >= 15 is 0 Å². The van der Waals surface area contributed by atoms with Crippen LogP contribution in [0.1, 0.15) is 0 Å². The number of halogens is 1. The molecule has 1 amide bonds. The molecule has 1 heterocycles. The maximum Gasteiger partial charge on any atom is 0.345 e. The van der Waals surface area contributed by atoms with Gasteiger partial charge in [0.1, 0.15) is 4.60 Å². The summed E-state index contributed by atoms with van der Waals surface area (Å²) in [6.07, 6.45) is 2.36. The summed E-state index contributed by atoms with van der Waals surface area (Å²) in [5.41, 5.74) is 8.80. The van der Waals surface area contributed by atoms with Gasteiger partial charge < -0.3 is 10.4 Å². The molecule has 1 aromatic heterocycles. The lowest BCUT2D eigenvalue weighted by Gasteiger charge is -2.11. The molecule has 0 aliphatic rings. The molecule has 0 aliphatic heterocycles. The highest BCUT2D eigenvalue weighted by molar-refractivity contribution is 9.10. The molecule has 0 saturated heterocycles. The third-order valence-corrected chi connectivity index (χ3v) is 2.07. The minimum absolute atomic E-state index is 0.420. The van der Waals surface area contributed by atoms with E-state index in [1.807, 2.05) is 0 Å². The van der Waals surface area contributed by atoms with Gasteiger partial charge in [-0.15, -0.1) is 0 Å². The molecule has 72 valence electrons. The lowest BCUT2D eigenvalue weighted by atomic mass is 10.4. The Balaban J connectivity index is 2.89. The van der Waals surface area contributed by atoms with Gasteiger partial charge >= 0.3 is 12.1 Å². The number of rotatable bonds is 2. The summed E-state index contributed by atoms with van der Waals surface area (Å²) >= 11 is 3.18. The van der Waals surface area contributed by atoms with Crippen molar-refractivity contribution in [2.45, 2.75) is 0 Å². The van der Waals surface area contributed by atoms with Crippen molar-refractivity contribution in [2.24, 2.45) is 0 Å². The van der Waals surface area contributed by atoms with Gasteiger partial charge in [0.25, 0.3) is 0 Å². The van der Waals surface area contributed by atoms with E-state index in [1.165, 1.54) is 11.1 Å². The second-order valence-corrected chi connectivity index (χ2v) is 3.29. The summed E-state index contributed by atoms with van der Waals surface area (Å²) in [6, 6.07) is 3.44. The predicted octanol–water partition coefficient (Wildman–Crippen LogP) is 1.11. The molecule has 0 fully saturated rings. The van der Waals surface area contributed by atoms with Crippen molar-refractivity contribution >= 4 is 33.7 Å². The molecule has 0 radical (unpaired) electrons. The Hall–Kier alpha value is -1.52. The van der Waals surface area contributed by atoms with Crippen molar-refractivity contribution < 1.29 is 9.58 Å². The van der Waals surface area contributed by atoms with Crippen LogP contribution in [0, 0.1) is 0 Å². The quantitative estimate of drug-likeness (QED) is 0.343. The van der Waals surface area contributed by atoms with Gasteiger partial charge in [0.05, 0.1) is 11.9 Å². The highest BCUT2D eigenvalue weighted by atomic mass is 79.9. The zero-order valence-corrected chi connectivity index (χ0v) is 8.97. The van der Waals surface area contributed by atoms with Crippen LogP contribution in [0.2, 0.25) is 0 Å². The third-order valence-electron chi connectivity index (χ3n) is 1.60. The normalized spacial score (nSPS) is 9.00. The van der Waals surface area contributed by atoms with Crippen LogP contribution in [0.3, 0.4) is 0 Å². The second-order valence-electron chi connectivity index (χ2n) is 2.48. The zero-order chi connectivity index (χ0) is 10.6. The van der Waals surface area contributed by atoms with Gasteiger partial charge in [-0.05, 0) is 28.1 Å². The van der Waals surface area contributed by atoms with Gasteiger partial charge in [0.2, 0.25) is 0 Å². The molecular formula is C8H7BrN4O. The first-order valence-electron chi connectivity index (χ1n) is 3.72. The van der Waals surface area contributed by atoms with Crippen LogP contribution >= 0.6 is 15.9 Å². The van der Waals surface area contributed by atoms with Crippen LogP contribution in [-0.4, -0.2) is 28.9 Å². The highest BCUT2D eigenvalue weighted by Gasteiger charge is 2.11. The number of aromatic nitrogens is 1. The van der Waals surface area contributed by atoms with Gasteiger partial charge in [-0.1, -0.05) is 0 Å². The Labute approximate surface area is 89.1 Å². The van der Waals surface area contributed by atoms with Crippen LogP contribution in [0.5, 0.6) is 0 Å². The van der Waals surface area contributed by atoms with Crippen molar-refractivity contribution in [3.63, 3.8) is 0 Å². The lowest BCUT2D eigenvalue weighted by molar-refractivity contribution is -0.115. The van der Waals surface area contributed by atoms with E-state index in [9.17, 15) is 4.79 Å². The van der Waals surface area contributed by atoms with Crippen LogP contribution in [0.15, 0.2) is 22.9 Å². The van der Waals surface area contributed by atoms with Gasteiger partial charge in [0.15, 0.2) is 0 Å². The van der Waals surface area contributed by atoms with E-state index in [4.69, 9.17) is 5.53 Å². The fraction of sp³-hybridized carbons (Fsp3) is 0.125.